The molecule has 1 aliphatic rings. The summed E-state index contributed by atoms with van der Waals surface area (Å²) in [6.07, 6.45) is 4.40. The summed E-state index contributed by atoms with van der Waals surface area (Å²) >= 11 is 0. The smallest absolute Gasteiger partial charge is 0.0603 e. The first-order chi connectivity index (χ1) is 6.72. The molecular formula is C11H24N2O. The molecule has 1 unspecified atom stereocenters. The molecule has 0 saturated carbocycles. The highest BCUT2D eigenvalue weighted by Gasteiger charge is 2.18. The Morgan fingerprint density at radius 2 is 2.07 bits per heavy atom. The summed E-state index contributed by atoms with van der Waals surface area (Å²) in [4.78, 5) is 2.37. The monoisotopic (exact) mass is 200 g/mol. The molecule has 84 valence electrons. The van der Waals surface area contributed by atoms with E-state index in [1.165, 1.54) is 25.9 Å². The molecule has 14 heavy (non-hydrogen) atoms. The lowest BCUT2D eigenvalue weighted by atomic mass is 10.1. The van der Waals surface area contributed by atoms with E-state index in [0.29, 0.717) is 12.2 Å². The van der Waals surface area contributed by atoms with E-state index in [2.05, 4.69) is 24.2 Å². The third kappa shape index (κ3) is 4.40. The lowest BCUT2D eigenvalue weighted by Gasteiger charge is -2.30. The van der Waals surface area contributed by atoms with Crippen LogP contribution in [0.3, 0.4) is 0 Å². The van der Waals surface area contributed by atoms with Crippen LogP contribution in [-0.2, 0) is 4.74 Å². The van der Waals surface area contributed by atoms with Gasteiger partial charge in [0.2, 0.25) is 0 Å². The third-order valence-electron chi connectivity index (χ3n) is 2.89. The molecule has 1 aliphatic heterocycles. The molecular weight excluding hydrogens is 176 g/mol. The van der Waals surface area contributed by atoms with Gasteiger partial charge in [-0.05, 0) is 46.8 Å². The third-order valence-corrected chi connectivity index (χ3v) is 2.89. The van der Waals surface area contributed by atoms with Crippen LogP contribution in [0, 0.1) is 0 Å². The first-order valence-electron chi connectivity index (χ1n) is 5.71. The fraction of sp³-hybridized carbons (Fsp3) is 1.00. The van der Waals surface area contributed by atoms with Crippen LogP contribution in [-0.4, -0.2) is 50.8 Å². The Bertz CT molecular complexity index is 144. The largest absolute Gasteiger partial charge is 0.375 e. The number of hydrogen-bond donors (Lipinski definition) is 1. The Labute approximate surface area is 87.8 Å². The normalized spacial score (nSPS) is 22.5. The van der Waals surface area contributed by atoms with E-state index in [0.717, 1.165) is 13.0 Å². The quantitative estimate of drug-likeness (QED) is 0.719. The molecule has 0 radical (unpaired) electrons. The second-order valence-electron chi connectivity index (χ2n) is 4.34. The van der Waals surface area contributed by atoms with Crippen molar-refractivity contribution < 1.29 is 4.74 Å². The number of piperidine rings is 1. The second kappa shape index (κ2) is 6.38. The summed E-state index contributed by atoms with van der Waals surface area (Å²) in [5.74, 6) is 0. The Balaban J connectivity index is 2.10. The number of hydrogen-bond acceptors (Lipinski definition) is 3. The predicted molar refractivity (Wildman–Crippen MR) is 59.6 cm³/mol. The van der Waals surface area contributed by atoms with Crippen LogP contribution in [0.2, 0.25) is 0 Å². The van der Waals surface area contributed by atoms with Gasteiger partial charge in [0.25, 0.3) is 0 Å². The highest BCUT2D eigenvalue weighted by Crippen LogP contribution is 2.14. The van der Waals surface area contributed by atoms with Crippen molar-refractivity contribution in [3.05, 3.63) is 0 Å². The van der Waals surface area contributed by atoms with E-state index in [1.54, 1.807) is 0 Å². The standard InChI is InChI=1S/C11H24N2O/c1-10(4-7-12-2)14-11-5-8-13(3)9-6-11/h10-12H,4-9H2,1-3H3. The van der Waals surface area contributed by atoms with E-state index < -0.39 is 0 Å². The van der Waals surface area contributed by atoms with Crippen LogP contribution in [0.4, 0.5) is 0 Å². The molecule has 0 amide bonds. The van der Waals surface area contributed by atoms with Gasteiger partial charge in [0.15, 0.2) is 0 Å². The zero-order chi connectivity index (χ0) is 10.4. The van der Waals surface area contributed by atoms with Gasteiger partial charge in [-0.2, -0.15) is 0 Å². The van der Waals surface area contributed by atoms with Gasteiger partial charge in [0, 0.05) is 13.1 Å². The van der Waals surface area contributed by atoms with Crippen molar-refractivity contribution in [2.24, 2.45) is 0 Å². The van der Waals surface area contributed by atoms with E-state index in [-0.39, 0.29) is 0 Å². The fourth-order valence-corrected chi connectivity index (χ4v) is 1.87. The minimum atomic E-state index is 0.399. The zero-order valence-electron chi connectivity index (χ0n) is 9.75. The van der Waals surface area contributed by atoms with Crippen molar-refractivity contribution in [1.29, 1.82) is 0 Å². The van der Waals surface area contributed by atoms with Crippen LogP contribution in [0.1, 0.15) is 26.2 Å². The van der Waals surface area contributed by atoms with Crippen LogP contribution in [0.5, 0.6) is 0 Å². The summed E-state index contributed by atoms with van der Waals surface area (Å²) < 4.78 is 5.98. The van der Waals surface area contributed by atoms with Gasteiger partial charge in [-0.25, -0.2) is 0 Å². The average molecular weight is 200 g/mol. The van der Waals surface area contributed by atoms with Crippen molar-refractivity contribution >= 4 is 0 Å². The number of rotatable bonds is 5. The van der Waals surface area contributed by atoms with E-state index in [4.69, 9.17) is 4.74 Å². The summed E-state index contributed by atoms with van der Waals surface area (Å²) in [5.41, 5.74) is 0. The number of likely N-dealkylation sites (tertiary alicyclic amines) is 1. The maximum atomic E-state index is 5.98. The Kier molecular flexibility index (Phi) is 5.45. The fourth-order valence-electron chi connectivity index (χ4n) is 1.87. The van der Waals surface area contributed by atoms with E-state index in [1.807, 2.05) is 7.05 Å². The van der Waals surface area contributed by atoms with Gasteiger partial charge < -0.3 is 15.0 Å². The van der Waals surface area contributed by atoms with Gasteiger partial charge >= 0.3 is 0 Å². The van der Waals surface area contributed by atoms with Gasteiger partial charge in [0.05, 0.1) is 12.2 Å². The molecule has 0 bridgehead atoms. The molecule has 1 atom stereocenters. The molecule has 1 fully saturated rings. The molecule has 3 nitrogen and oxygen atoms in total. The van der Waals surface area contributed by atoms with E-state index >= 15 is 0 Å². The number of nitrogens with zero attached hydrogens (tertiary/aromatic N) is 1. The summed E-state index contributed by atoms with van der Waals surface area (Å²) in [6.45, 7) is 5.59. The summed E-state index contributed by atoms with van der Waals surface area (Å²) in [6, 6.07) is 0. The van der Waals surface area contributed by atoms with Crippen LogP contribution >= 0.6 is 0 Å². The maximum absolute atomic E-state index is 5.98. The van der Waals surface area contributed by atoms with Crippen LogP contribution in [0.25, 0.3) is 0 Å². The lowest BCUT2D eigenvalue weighted by Crippen LogP contribution is -2.36. The molecule has 3 heteroatoms. The Hall–Kier alpha value is -0.120. The topological polar surface area (TPSA) is 24.5 Å². The van der Waals surface area contributed by atoms with Crippen molar-refractivity contribution in [1.82, 2.24) is 10.2 Å². The first kappa shape index (κ1) is 12.0. The van der Waals surface area contributed by atoms with Crippen molar-refractivity contribution in [3.8, 4) is 0 Å². The minimum absolute atomic E-state index is 0.399. The van der Waals surface area contributed by atoms with Gasteiger partial charge in [-0.15, -0.1) is 0 Å². The predicted octanol–water partition coefficient (Wildman–Crippen LogP) is 1.10. The first-order valence-corrected chi connectivity index (χ1v) is 5.71. The Morgan fingerprint density at radius 1 is 1.43 bits per heavy atom. The number of ether oxygens (including phenoxy) is 1. The molecule has 0 spiro atoms. The maximum Gasteiger partial charge on any atom is 0.0603 e. The van der Waals surface area contributed by atoms with Crippen LogP contribution < -0.4 is 5.32 Å². The van der Waals surface area contributed by atoms with E-state index in [9.17, 15) is 0 Å². The summed E-state index contributed by atoms with van der Waals surface area (Å²) in [7, 11) is 4.17. The summed E-state index contributed by atoms with van der Waals surface area (Å²) in [5, 5.41) is 3.15. The highest BCUT2D eigenvalue weighted by atomic mass is 16.5. The van der Waals surface area contributed by atoms with Crippen molar-refractivity contribution in [2.75, 3.05) is 33.7 Å². The van der Waals surface area contributed by atoms with Crippen LogP contribution in [0.15, 0.2) is 0 Å². The molecule has 1 N–H and O–H groups in total. The molecule has 1 heterocycles. The molecule has 1 rings (SSSR count). The van der Waals surface area contributed by atoms with Crippen molar-refractivity contribution in [2.45, 2.75) is 38.4 Å². The van der Waals surface area contributed by atoms with Gasteiger partial charge in [-0.1, -0.05) is 0 Å². The second-order valence-corrected chi connectivity index (χ2v) is 4.34. The molecule has 0 aromatic rings. The highest BCUT2D eigenvalue weighted by molar-refractivity contribution is 4.71. The SMILES string of the molecule is CNCCC(C)OC1CCN(C)CC1. The van der Waals surface area contributed by atoms with Crippen molar-refractivity contribution in [3.63, 3.8) is 0 Å². The Morgan fingerprint density at radius 3 is 2.64 bits per heavy atom. The van der Waals surface area contributed by atoms with Gasteiger partial charge in [0.1, 0.15) is 0 Å². The lowest BCUT2D eigenvalue weighted by molar-refractivity contribution is -0.0339. The average Bonchev–Trinajstić information content (AvgIpc) is 2.18. The molecule has 0 aromatic heterocycles. The number of nitrogens with one attached hydrogen (secondary N) is 1. The molecule has 0 aliphatic carbocycles. The minimum Gasteiger partial charge on any atom is -0.375 e. The van der Waals surface area contributed by atoms with Gasteiger partial charge in [-0.3, -0.25) is 0 Å². The molecule has 1 saturated heterocycles. The molecule has 0 aromatic carbocycles. The zero-order valence-corrected chi connectivity index (χ0v) is 9.75.